The maximum atomic E-state index is 9.13. The molecule has 0 aliphatic carbocycles. The van der Waals surface area contributed by atoms with E-state index in [-0.39, 0.29) is 6.04 Å². The van der Waals surface area contributed by atoms with Crippen molar-refractivity contribution in [1.29, 1.82) is 0 Å². The molecular weight excluding hydrogens is 156 g/mol. The van der Waals surface area contributed by atoms with Crippen LogP contribution in [0, 0.1) is 0 Å². The molecule has 4 heteroatoms. The number of nitrogens with zero attached hydrogens (tertiary/aromatic N) is 2. The van der Waals surface area contributed by atoms with E-state index in [0.717, 1.165) is 16.3 Å². The summed E-state index contributed by atoms with van der Waals surface area (Å²) in [4.78, 5) is 5.05. The molecule has 0 spiro atoms. The lowest BCUT2D eigenvalue weighted by Crippen LogP contribution is -2.39. The van der Waals surface area contributed by atoms with Gasteiger partial charge in [0.05, 0.1) is 27.2 Å². The first kappa shape index (κ1) is 11.8. The van der Waals surface area contributed by atoms with E-state index in [4.69, 9.17) is 10.0 Å². The Morgan fingerprint density at radius 3 is 2.17 bits per heavy atom. The minimum absolute atomic E-state index is 0.0115. The summed E-state index contributed by atoms with van der Waals surface area (Å²) < 4.78 is 0.839. The average molecular weight is 177 g/mol. The molecule has 1 N–H and O–H groups in total. The van der Waals surface area contributed by atoms with E-state index in [1.165, 1.54) is 0 Å². The first-order valence-electron chi connectivity index (χ1n) is 4.24. The highest BCUT2D eigenvalue weighted by atomic mass is 16.9. The van der Waals surface area contributed by atoms with Gasteiger partial charge in [0.25, 0.3) is 0 Å². The normalized spacial score (nSPS) is 13.0. The summed E-state index contributed by atoms with van der Waals surface area (Å²) in [6.07, 6.45) is 0. The van der Waals surface area contributed by atoms with E-state index in [0.29, 0.717) is 6.61 Å². The summed E-state index contributed by atoms with van der Waals surface area (Å²) in [7, 11) is 6.25. The van der Waals surface area contributed by atoms with Crippen LogP contribution in [0.15, 0.2) is 0 Å². The van der Waals surface area contributed by atoms with Crippen LogP contribution < -0.4 is 0 Å². The number of hydrogen-bond acceptors (Lipinski definition) is 3. The van der Waals surface area contributed by atoms with Gasteiger partial charge in [0.2, 0.25) is 0 Å². The fourth-order valence-corrected chi connectivity index (χ4v) is 0.557. The van der Waals surface area contributed by atoms with Gasteiger partial charge in [-0.25, -0.2) is 0 Å². The SMILES string of the molecule is CC(C)N(O)OCC[N+](C)(C)C. The van der Waals surface area contributed by atoms with Gasteiger partial charge < -0.3 is 4.48 Å². The molecule has 0 aromatic carbocycles. The molecule has 0 unspecified atom stereocenters. The van der Waals surface area contributed by atoms with Crippen LogP contribution >= 0.6 is 0 Å². The van der Waals surface area contributed by atoms with Crippen LogP contribution in [0.3, 0.4) is 0 Å². The van der Waals surface area contributed by atoms with Crippen LogP contribution in [0.5, 0.6) is 0 Å². The molecule has 0 heterocycles. The lowest BCUT2D eigenvalue weighted by molar-refractivity contribution is -0.871. The third-order valence-corrected chi connectivity index (χ3v) is 1.43. The second-order valence-electron chi connectivity index (χ2n) is 4.24. The maximum absolute atomic E-state index is 9.13. The molecule has 0 rings (SSSR count). The summed E-state index contributed by atoms with van der Waals surface area (Å²) in [6, 6.07) is 0.0115. The Hall–Kier alpha value is -0.160. The maximum Gasteiger partial charge on any atom is 0.120 e. The van der Waals surface area contributed by atoms with Crippen molar-refractivity contribution in [3.8, 4) is 0 Å². The summed E-state index contributed by atoms with van der Waals surface area (Å²) in [5.41, 5.74) is 0. The van der Waals surface area contributed by atoms with Crippen molar-refractivity contribution in [2.24, 2.45) is 0 Å². The Kier molecular flexibility index (Phi) is 4.70. The second kappa shape index (κ2) is 4.77. The van der Waals surface area contributed by atoms with Gasteiger partial charge in [-0.05, 0) is 13.8 Å². The molecule has 0 saturated carbocycles. The van der Waals surface area contributed by atoms with E-state index >= 15 is 0 Å². The van der Waals surface area contributed by atoms with Crippen LogP contribution in [0.25, 0.3) is 0 Å². The summed E-state index contributed by atoms with van der Waals surface area (Å²) in [5.74, 6) is 0. The van der Waals surface area contributed by atoms with Crippen molar-refractivity contribution in [3.05, 3.63) is 0 Å². The Labute approximate surface area is 74.8 Å². The Morgan fingerprint density at radius 2 is 1.83 bits per heavy atom. The first-order chi connectivity index (χ1) is 5.33. The van der Waals surface area contributed by atoms with E-state index in [1.807, 2.05) is 13.8 Å². The van der Waals surface area contributed by atoms with Crippen LogP contribution in [-0.4, -0.2) is 55.3 Å². The van der Waals surface area contributed by atoms with Gasteiger partial charge in [-0.1, -0.05) is 5.23 Å². The molecule has 0 aromatic rings. The zero-order chi connectivity index (χ0) is 9.78. The zero-order valence-corrected chi connectivity index (χ0v) is 8.74. The lowest BCUT2D eigenvalue weighted by atomic mass is 10.4. The van der Waals surface area contributed by atoms with E-state index in [2.05, 4.69) is 21.1 Å². The molecular formula is C8H21N2O2+. The van der Waals surface area contributed by atoms with E-state index < -0.39 is 0 Å². The third-order valence-electron chi connectivity index (χ3n) is 1.43. The molecule has 0 bridgehead atoms. The fraction of sp³-hybridized carbons (Fsp3) is 1.00. The molecule has 0 aromatic heterocycles. The summed E-state index contributed by atoms with van der Waals surface area (Å²) >= 11 is 0. The highest BCUT2D eigenvalue weighted by molar-refractivity contribution is 4.38. The quantitative estimate of drug-likeness (QED) is 0.496. The van der Waals surface area contributed by atoms with Gasteiger partial charge in [0.15, 0.2) is 0 Å². The second-order valence-corrected chi connectivity index (χ2v) is 4.24. The number of hydroxylamine groups is 2. The predicted octanol–water partition coefficient (Wildman–Crippen LogP) is 0.724. The van der Waals surface area contributed by atoms with Crippen LogP contribution in [-0.2, 0) is 4.84 Å². The standard InChI is InChI=1S/C8H21N2O2/c1-8(2)9(11)12-7-6-10(3,4)5/h8,11H,6-7H2,1-5H3/q+1. The number of quaternary nitrogens is 1. The van der Waals surface area contributed by atoms with Crippen LogP contribution in [0.4, 0.5) is 0 Å². The predicted molar refractivity (Wildman–Crippen MR) is 47.6 cm³/mol. The van der Waals surface area contributed by atoms with Crippen LogP contribution in [0.2, 0.25) is 0 Å². The number of hydrogen-bond donors (Lipinski definition) is 1. The summed E-state index contributed by atoms with van der Waals surface area (Å²) in [5, 5.41) is 10.0. The smallest absolute Gasteiger partial charge is 0.120 e. The number of rotatable bonds is 5. The van der Waals surface area contributed by atoms with Gasteiger partial charge in [-0.2, -0.15) is 0 Å². The molecule has 4 nitrogen and oxygen atoms in total. The minimum Gasteiger partial charge on any atom is -0.329 e. The molecule has 0 radical (unpaired) electrons. The molecule has 0 fully saturated rings. The molecule has 0 aliphatic rings. The monoisotopic (exact) mass is 177 g/mol. The van der Waals surface area contributed by atoms with Gasteiger partial charge in [0.1, 0.15) is 13.2 Å². The van der Waals surface area contributed by atoms with E-state index in [9.17, 15) is 0 Å². The Balaban J connectivity index is 3.44. The van der Waals surface area contributed by atoms with Gasteiger partial charge in [-0.15, -0.1) is 0 Å². The fourth-order valence-electron chi connectivity index (χ4n) is 0.557. The third kappa shape index (κ3) is 6.54. The average Bonchev–Trinajstić information content (AvgIpc) is 1.84. The highest BCUT2D eigenvalue weighted by Crippen LogP contribution is 1.95. The van der Waals surface area contributed by atoms with Gasteiger partial charge >= 0.3 is 0 Å². The lowest BCUT2D eigenvalue weighted by Gasteiger charge is -2.25. The highest BCUT2D eigenvalue weighted by Gasteiger charge is 2.10. The number of likely N-dealkylation sites (N-methyl/N-ethyl adjacent to an activating group) is 1. The molecule has 0 saturated heterocycles. The van der Waals surface area contributed by atoms with E-state index in [1.54, 1.807) is 0 Å². The minimum atomic E-state index is 0.0115. The molecule has 0 atom stereocenters. The summed E-state index contributed by atoms with van der Waals surface area (Å²) in [6.45, 7) is 5.15. The molecule has 0 amide bonds. The topological polar surface area (TPSA) is 32.7 Å². The van der Waals surface area contributed by atoms with Crippen molar-refractivity contribution < 1.29 is 14.5 Å². The Bertz CT molecular complexity index is 121. The van der Waals surface area contributed by atoms with Crippen LogP contribution in [0.1, 0.15) is 13.8 Å². The molecule has 12 heavy (non-hydrogen) atoms. The zero-order valence-electron chi connectivity index (χ0n) is 8.74. The van der Waals surface area contributed by atoms with Gasteiger partial charge in [-0.3, -0.25) is 10.0 Å². The van der Waals surface area contributed by atoms with Crippen molar-refractivity contribution in [2.75, 3.05) is 34.3 Å². The first-order valence-corrected chi connectivity index (χ1v) is 4.24. The van der Waals surface area contributed by atoms with Crippen molar-refractivity contribution in [1.82, 2.24) is 5.23 Å². The van der Waals surface area contributed by atoms with Crippen molar-refractivity contribution in [2.45, 2.75) is 19.9 Å². The Morgan fingerprint density at radius 1 is 1.33 bits per heavy atom. The molecule has 74 valence electrons. The largest absolute Gasteiger partial charge is 0.329 e. The van der Waals surface area contributed by atoms with Gasteiger partial charge in [0, 0.05) is 0 Å². The molecule has 0 aliphatic heterocycles. The van der Waals surface area contributed by atoms with Crippen molar-refractivity contribution >= 4 is 0 Å². The van der Waals surface area contributed by atoms with Crippen molar-refractivity contribution in [3.63, 3.8) is 0 Å².